The van der Waals surface area contributed by atoms with Crippen LogP contribution in [0.1, 0.15) is 20.3 Å². The number of rotatable bonds is 5. The summed E-state index contributed by atoms with van der Waals surface area (Å²) in [7, 11) is -3.80. The number of carbonyl (C=O) groups is 1. The zero-order chi connectivity index (χ0) is 17.6. The van der Waals surface area contributed by atoms with Crippen molar-refractivity contribution >= 4 is 44.9 Å². The Balaban J connectivity index is 2.73. The van der Waals surface area contributed by atoms with Crippen LogP contribution in [0.5, 0.6) is 0 Å². The van der Waals surface area contributed by atoms with E-state index in [-0.39, 0.29) is 21.8 Å². The first-order valence-electron chi connectivity index (χ1n) is 6.72. The predicted octanol–water partition coefficient (Wildman–Crippen LogP) is -1.41. The smallest absolute Gasteiger partial charge is 0.332 e. The Hall–Kier alpha value is -2.20. The fourth-order valence-corrected chi connectivity index (χ4v) is 2.80. The quantitative estimate of drug-likeness (QED) is 0.247. The summed E-state index contributed by atoms with van der Waals surface area (Å²) in [5.74, 6) is -0.377. The molecule has 0 radical (unpaired) electrons. The molecular weight excluding hydrogens is 338 g/mol. The Morgan fingerprint density at radius 1 is 1.26 bits per heavy atom. The third-order valence-electron chi connectivity index (χ3n) is 2.52. The van der Waals surface area contributed by atoms with Crippen molar-refractivity contribution in [3.05, 3.63) is 24.3 Å². The highest BCUT2D eigenvalue weighted by atomic mass is 32.2. The van der Waals surface area contributed by atoms with Crippen LogP contribution < -0.4 is 26.5 Å². The summed E-state index contributed by atoms with van der Waals surface area (Å²) in [6.45, 7) is 3.85. The summed E-state index contributed by atoms with van der Waals surface area (Å²) in [4.78, 5) is 11.6. The van der Waals surface area contributed by atoms with Crippen molar-refractivity contribution in [1.29, 1.82) is 0 Å². The van der Waals surface area contributed by atoms with Gasteiger partial charge in [0.15, 0.2) is 5.11 Å². The van der Waals surface area contributed by atoms with Gasteiger partial charge in [0.05, 0.1) is 0 Å². The average Bonchev–Trinajstić information content (AvgIpc) is 2.36. The van der Waals surface area contributed by atoms with Gasteiger partial charge in [-0.3, -0.25) is 16.3 Å². The third-order valence-corrected chi connectivity index (χ3v) is 4.12. The van der Waals surface area contributed by atoms with Crippen molar-refractivity contribution in [2.24, 2.45) is 17.4 Å². The summed E-state index contributed by atoms with van der Waals surface area (Å²) < 4.78 is 25.6. The van der Waals surface area contributed by atoms with Crippen molar-refractivity contribution < 1.29 is 17.6 Å². The summed E-state index contributed by atoms with van der Waals surface area (Å²) in [5.41, 5.74) is 10.8. The van der Waals surface area contributed by atoms with Crippen LogP contribution >= 0.6 is 12.2 Å². The first-order valence-corrected chi connectivity index (χ1v) is 8.61. The highest BCUT2D eigenvalue weighted by Gasteiger charge is 2.14. The van der Waals surface area contributed by atoms with Gasteiger partial charge >= 0.3 is 16.0 Å². The molecule has 8 nitrogen and oxygen atoms in total. The van der Waals surface area contributed by atoms with Gasteiger partial charge in [-0.05, 0) is 42.4 Å². The van der Waals surface area contributed by atoms with Crippen molar-refractivity contribution in [3.63, 3.8) is 0 Å². The number of hydrogen-bond acceptors (Lipinski definition) is 4. The molecule has 1 aromatic rings. The van der Waals surface area contributed by atoms with Crippen molar-refractivity contribution in [2.75, 3.05) is 5.32 Å². The maximum atomic E-state index is 11.8. The van der Waals surface area contributed by atoms with Crippen LogP contribution in [-0.4, -0.2) is 25.4 Å². The Labute approximate surface area is 140 Å². The fourth-order valence-electron chi connectivity index (χ4n) is 1.64. The monoisotopic (exact) mass is 358 g/mol. The molecule has 1 aromatic carbocycles. The van der Waals surface area contributed by atoms with E-state index in [9.17, 15) is 13.2 Å². The molecule has 0 aromatic heterocycles. The van der Waals surface area contributed by atoms with Gasteiger partial charge in [-0.25, -0.2) is 0 Å². The molecular formula is C13H20N5O3S2+. The summed E-state index contributed by atoms with van der Waals surface area (Å²) in [5, 5.41) is 5.48. The topological polar surface area (TPSA) is 141 Å². The van der Waals surface area contributed by atoms with E-state index < -0.39 is 16.0 Å². The van der Waals surface area contributed by atoms with Gasteiger partial charge in [0.25, 0.3) is 0 Å². The molecule has 1 rings (SSSR count). The molecule has 0 heterocycles. The predicted molar refractivity (Wildman–Crippen MR) is 91.8 cm³/mol. The molecule has 23 heavy (non-hydrogen) atoms. The van der Waals surface area contributed by atoms with Crippen LogP contribution in [0.3, 0.4) is 0 Å². The molecule has 0 fully saturated rings. The van der Waals surface area contributed by atoms with Crippen LogP contribution in [-0.2, 0) is 14.8 Å². The first-order chi connectivity index (χ1) is 10.6. The molecule has 0 aliphatic rings. The third kappa shape index (κ3) is 6.61. The first kappa shape index (κ1) is 18.8. The van der Waals surface area contributed by atoms with Gasteiger partial charge in [-0.2, -0.15) is 12.8 Å². The number of sulfonamides is 1. The lowest BCUT2D eigenvalue weighted by Crippen LogP contribution is -2.80. The van der Waals surface area contributed by atoms with E-state index in [1.54, 1.807) is 0 Å². The normalized spacial score (nSPS) is 10.9. The number of hydrogen-bond donors (Lipinski definition) is 5. The highest BCUT2D eigenvalue weighted by Crippen LogP contribution is 2.12. The molecule has 0 saturated carbocycles. The summed E-state index contributed by atoms with van der Waals surface area (Å²) in [6, 6.07) is 5.71. The SMILES string of the molecule is CC(C)CC(=O)NC(=S)Nc1ccc(S(=O)(=O)[NH+]=C(N)N)cc1. The largest absolute Gasteiger partial charge is 0.353 e. The molecule has 0 saturated heterocycles. The van der Waals surface area contributed by atoms with Crippen LogP contribution in [0.15, 0.2) is 29.2 Å². The van der Waals surface area contributed by atoms with Gasteiger partial charge < -0.3 is 10.6 Å². The van der Waals surface area contributed by atoms with Gasteiger partial charge in [0, 0.05) is 12.1 Å². The second-order valence-corrected chi connectivity index (χ2v) is 7.28. The molecule has 7 N–H and O–H groups in total. The van der Waals surface area contributed by atoms with Gasteiger partial charge in [-0.15, -0.1) is 0 Å². The number of guanidine groups is 1. The molecule has 126 valence electrons. The standard InChI is InChI=1S/C13H19N5O3S2/c1-8(2)7-11(19)17-13(22)16-9-3-5-10(6-4-9)23(20,21)18-12(14)15/h3-6,8H,7H2,1-2H3,(H4,14,15,18)(H2,16,17,19,22)/p+1. The van der Waals surface area contributed by atoms with Crippen LogP contribution in [0.25, 0.3) is 0 Å². The zero-order valence-corrected chi connectivity index (χ0v) is 14.4. The number of nitrogens with one attached hydrogen (secondary N) is 3. The second-order valence-electron chi connectivity index (χ2n) is 5.19. The van der Waals surface area contributed by atoms with Gasteiger partial charge in [0.1, 0.15) is 4.90 Å². The van der Waals surface area contributed by atoms with Crippen molar-refractivity contribution in [3.8, 4) is 0 Å². The Bertz CT molecular complexity index is 708. The minimum absolute atomic E-state index is 0.00814. The van der Waals surface area contributed by atoms with Crippen molar-refractivity contribution in [2.45, 2.75) is 25.2 Å². The van der Waals surface area contributed by atoms with Gasteiger partial charge in [0.2, 0.25) is 5.91 Å². The van der Waals surface area contributed by atoms with Gasteiger partial charge in [-0.1, -0.05) is 13.8 Å². The Morgan fingerprint density at radius 2 is 1.83 bits per heavy atom. The fraction of sp³-hybridized carbons (Fsp3) is 0.308. The molecule has 0 atom stereocenters. The number of thiocarbonyl (C=S) groups is 1. The minimum Gasteiger partial charge on any atom is -0.332 e. The van der Waals surface area contributed by atoms with E-state index in [0.717, 1.165) is 0 Å². The maximum absolute atomic E-state index is 11.8. The number of amides is 1. The lowest BCUT2D eigenvalue weighted by atomic mass is 10.1. The minimum atomic E-state index is -3.80. The maximum Gasteiger partial charge on any atom is 0.353 e. The second kappa shape index (κ2) is 7.88. The summed E-state index contributed by atoms with van der Waals surface area (Å²) in [6.07, 6.45) is 0.363. The Kier molecular flexibility index (Phi) is 6.46. The van der Waals surface area contributed by atoms with E-state index >= 15 is 0 Å². The van der Waals surface area contributed by atoms with E-state index in [1.807, 2.05) is 18.2 Å². The lowest BCUT2D eigenvalue weighted by molar-refractivity contribution is -0.270. The van der Waals surface area contributed by atoms with E-state index in [4.69, 9.17) is 23.7 Å². The number of carbonyl (C=O) groups excluding carboxylic acids is 1. The van der Waals surface area contributed by atoms with E-state index in [2.05, 4.69) is 10.6 Å². The van der Waals surface area contributed by atoms with E-state index in [0.29, 0.717) is 12.1 Å². The number of anilines is 1. The Morgan fingerprint density at radius 3 is 2.30 bits per heavy atom. The zero-order valence-electron chi connectivity index (χ0n) is 12.8. The molecule has 10 heteroatoms. The lowest BCUT2D eigenvalue weighted by Gasteiger charge is -2.10. The van der Waals surface area contributed by atoms with Crippen LogP contribution in [0, 0.1) is 5.92 Å². The molecule has 0 aliphatic carbocycles. The van der Waals surface area contributed by atoms with Crippen LogP contribution in [0.2, 0.25) is 0 Å². The average molecular weight is 358 g/mol. The molecule has 0 unspecified atom stereocenters. The molecule has 0 aliphatic heterocycles. The number of benzene rings is 1. The molecule has 1 amide bonds. The van der Waals surface area contributed by atoms with Crippen molar-refractivity contribution in [1.82, 2.24) is 5.32 Å². The molecule has 0 spiro atoms. The summed E-state index contributed by atoms with van der Waals surface area (Å²) >= 11 is 5.02. The van der Waals surface area contributed by atoms with Crippen LogP contribution in [0.4, 0.5) is 5.69 Å². The highest BCUT2D eigenvalue weighted by molar-refractivity contribution is 7.84. The number of nitrogens with two attached hydrogens (primary N) is 2. The molecule has 0 bridgehead atoms. The van der Waals surface area contributed by atoms with E-state index in [1.165, 1.54) is 24.3 Å².